The zero-order chi connectivity index (χ0) is 13.5. The third-order valence-electron chi connectivity index (χ3n) is 3.16. The number of nitrogens with one attached hydrogen (secondary N) is 1. The summed E-state index contributed by atoms with van der Waals surface area (Å²) >= 11 is 1.90. The fraction of sp³-hybridized carbons (Fsp3) is 0.438. The van der Waals surface area contributed by atoms with Gasteiger partial charge in [0.2, 0.25) is 0 Å². The van der Waals surface area contributed by atoms with Gasteiger partial charge in [0.25, 0.3) is 0 Å². The number of pyridine rings is 1. The van der Waals surface area contributed by atoms with Crippen LogP contribution in [-0.4, -0.2) is 11.5 Å². The van der Waals surface area contributed by atoms with Crippen LogP contribution in [0.5, 0.6) is 0 Å². The van der Waals surface area contributed by atoms with Gasteiger partial charge in [0, 0.05) is 27.7 Å². The van der Waals surface area contributed by atoms with E-state index in [1.807, 2.05) is 23.6 Å². The fourth-order valence-electron chi connectivity index (χ4n) is 2.14. The van der Waals surface area contributed by atoms with Crippen molar-refractivity contribution < 1.29 is 0 Å². The van der Waals surface area contributed by atoms with Crippen LogP contribution in [0, 0.1) is 6.92 Å². The first kappa shape index (κ1) is 14.2. The summed E-state index contributed by atoms with van der Waals surface area (Å²) in [6, 6.07) is 11.1. The minimum absolute atomic E-state index is 0.459. The molecular weight excluding hydrogens is 252 g/mol. The molecule has 0 radical (unpaired) electrons. The van der Waals surface area contributed by atoms with Gasteiger partial charge >= 0.3 is 0 Å². The van der Waals surface area contributed by atoms with Crippen molar-refractivity contribution in [3.05, 3.63) is 52.0 Å². The van der Waals surface area contributed by atoms with E-state index in [9.17, 15) is 0 Å². The van der Waals surface area contributed by atoms with Crippen molar-refractivity contribution in [3.8, 4) is 0 Å². The van der Waals surface area contributed by atoms with Crippen LogP contribution < -0.4 is 5.32 Å². The first-order chi connectivity index (χ1) is 9.29. The van der Waals surface area contributed by atoms with Crippen LogP contribution in [0.4, 0.5) is 0 Å². The van der Waals surface area contributed by atoms with Crippen LogP contribution in [-0.2, 0) is 6.42 Å². The van der Waals surface area contributed by atoms with Crippen LogP contribution >= 0.6 is 11.3 Å². The molecular formula is C16H22N2S. The SMILES string of the molecule is CCCNC(CCc1ccccn1)c1ccc(C)s1. The number of nitrogens with zero attached hydrogens (tertiary/aromatic N) is 1. The van der Waals surface area contributed by atoms with Gasteiger partial charge in [-0.1, -0.05) is 13.0 Å². The van der Waals surface area contributed by atoms with Crippen LogP contribution in [0.15, 0.2) is 36.5 Å². The lowest BCUT2D eigenvalue weighted by Gasteiger charge is -2.17. The van der Waals surface area contributed by atoms with Gasteiger partial charge < -0.3 is 5.32 Å². The molecule has 2 aromatic rings. The highest BCUT2D eigenvalue weighted by atomic mass is 32.1. The van der Waals surface area contributed by atoms with Crippen molar-refractivity contribution in [2.24, 2.45) is 0 Å². The Morgan fingerprint density at radius 3 is 2.79 bits per heavy atom. The number of aromatic nitrogens is 1. The molecule has 1 unspecified atom stereocenters. The van der Waals surface area contributed by atoms with E-state index in [1.165, 1.54) is 21.9 Å². The lowest BCUT2D eigenvalue weighted by atomic mass is 10.1. The molecule has 0 aliphatic rings. The highest BCUT2D eigenvalue weighted by molar-refractivity contribution is 7.12. The van der Waals surface area contributed by atoms with E-state index in [2.05, 4.69) is 48.4 Å². The first-order valence-corrected chi connectivity index (χ1v) is 7.81. The smallest absolute Gasteiger partial charge is 0.0418 e. The summed E-state index contributed by atoms with van der Waals surface area (Å²) in [5, 5.41) is 3.65. The zero-order valence-corrected chi connectivity index (χ0v) is 12.5. The van der Waals surface area contributed by atoms with E-state index in [4.69, 9.17) is 0 Å². The van der Waals surface area contributed by atoms with Crippen LogP contribution in [0.3, 0.4) is 0 Å². The Morgan fingerprint density at radius 2 is 2.16 bits per heavy atom. The lowest BCUT2D eigenvalue weighted by molar-refractivity contribution is 0.504. The van der Waals surface area contributed by atoms with E-state index >= 15 is 0 Å². The molecule has 0 saturated carbocycles. The molecule has 3 heteroatoms. The first-order valence-electron chi connectivity index (χ1n) is 6.99. The molecule has 0 aliphatic carbocycles. The highest BCUT2D eigenvalue weighted by Gasteiger charge is 2.12. The molecule has 102 valence electrons. The predicted molar refractivity (Wildman–Crippen MR) is 82.6 cm³/mol. The van der Waals surface area contributed by atoms with Crippen molar-refractivity contribution in [1.29, 1.82) is 0 Å². The molecule has 1 N–H and O–H groups in total. The maximum atomic E-state index is 4.41. The Balaban J connectivity index is 1.98. The number of thiophene rings is 1. The van der Waals surface area contributed by atoms with Gasteiger partial charge in [0.05, 0.1) is 0 Å². The van der Waals surface area contributed by atoms with Crippen molar-refractivity contribution in [1.82, 2.24) is 10.3 Å². The molecule has 0 saturated heterocycles. The lowest BCUT2D eigenvalue weighted by Crippen LogP contribution is -2.22. The number of hydrogen-bond donors (Lipinski definition) is 1. The maximum absolute atomic E-state index is 4.41. The van der Waals surface area contributed by atoms with Gasteiger partial charge in [-0.2, -0.15) is 0 Å². The second-order valence-corrected chi connectivity index (χ2v) is 6.13. The van der Waals surface area contributed by atoms with Gasteiger partial charge in [-0.25, -0.2) is 0 Å². The van der Waals surface area contributed by atoms with Gasteiger partial charge in [0.1, 0.15) is 0 Å². The molecule has 0 aliphatic heterocycles. The number of hydrogen-bond acceptors (Lipinski definition) is 3. The largest absolute Gasteiger partial charge is 0.309 e. The molecule has 0 bridgehead atoms. The minimum Gasteiger partial charge on any atom is -0.309 e. The number of rotatable bonds is 7. The predicted octanol–water partition coefficient (Wildman–Crippen LogP) is 4.13. The van der Waals surface area contributed by atoms with Gasteiger partial charge in [-0.05, 0) is 57.0 Å². The third kappa shape index (κ3) is 4.44. The van der Waals surface area contributed by atoms with Crippen molar-refractivity contribution in [3.63, 3.8) is 0 Å². The molecule has 0 spiro atoms. The van der Waals surface area contributed by atoms with E-state index in [1.54, 1.807) is 0 Å². The molecule has 2 rings (SSSR count). The van der Waals surface area contributed by atoms with Crippen LogP contribution in [0.25, 0.3) is 0 Å². The molecule has 0 aromatic carbocycles. The van der Waals surface area contributed by atoms with Crippen molar-refractivity contribution in [2.45, 2.75) is 39.2 Å². The van der Waals surface area contributed by atoms with E-state index in [0.717, 1.165) is 19.4 Å². The summed E-state index contributed by atoms with van der Waals surface area (Å²) in [5.41, 5.74) is 1.18. The molecule has 1 atom stereocenters. The average molecular weight is 274 g/mol. The molecule has 2 heterocycles. The summed E-state index contributed by atoms with van der Waals surface area (Å²) in [6.07, 6.45) is 5.18. The van der Waals surface area contributed by atoms with E-state index < -0.39 is 0 Å². The maximum Gasteiger partial charge on any atom is 0.0418 e. The zero-order valence-electron chi connectivity index (χ0n) is 11.7. The molecule has 19 heavy (non-hydrogen) atoms. The molecule has 2 aromatic heterocycles. The second kappa shape index (κ2) is 7.41. The second-order valence-electron chi connectivity index (χ2n) is 4.81. The Morgan fingerprint density at radius 1 is 1.26 bits per heavy atom. The normalized spacial score (nSPS) is 12.5. The Labute approximate surface area is 119 Å². The van der Waals surface area contributed by atoms with Crippen LogP contribution in [0.2, 0.25) is 0 Å². The summed E-state index contributed by atoms with van der Waals surface area (Å²) in [4.78, 5) is 7.24. The Hall–Kier alpha value is -1.19. The van der Waals surface area contributed by atoms with Crippen molar-refractivity contribution in [2.75, 3.05) is 6.54 Å². The topological polar surface area (TPSA) is 24.9 Å². The Bertz CT molecular complexity index is 479. The summed E-state index contributed by atoms with van der Waals surface area (Å²) < 4.78 is 0. The summed E-state index contributed by atoms with van der Waals surface area (Å²) in [7, 11) is 0. The van der Waals surface area contributed by atoms with E-state index in [0.29, 0.717) is 6.04 Å². The van der Waals surface area contributed by atoms with Gasteiger partial charge in [0.15, 0.2) is 0 Å². The van der Waals surface area contributed by atoms with Gasteiger partial charge in [-0.15, -0.1) is 11.3 Å². The average Bonchev–Trinajstić information content (AvgIpc) is 2.86. The molecule has 0 fully saturated rings. The monoisotopic (exact) mass is 274 g/mol. The molecule has 0 amide bonds. The molecule has 2 nitrogen and oxygen atoms in total. The van der Waals surface area contributed by atoms with E-state index in [-0.39, 0.29) is 0 Å². The number of aryl methyl sites for hydroxylation is 2. The Kier molecular flexibility index (Phi) is 5.55. The summed E-state index contributed by atoms with van der Waals surface area (Å²) in [6.45, 7) is 5.45. The van der Waals surface area contributed by atoms with Crippen LogP contribution in [0.1, 0.15) is 41.3 Å². The fourth-order valence-corrected chi connectivity index (χ4v) is 3.13. The third-order valence-corrected chi connectivity index (χ3v) is 4.27. The highest BCUT2D eigenvalue weighted by Crippen LogP contribution is 2.26. The van der Waals surface area contributed by atoms with Gasteiger partial charge in [-0.3, -0.25) is 4.98 Å². The minimum atomic E-state index is 0.459. The standard InChI is InChI=1S/C16H22N2S/c1-3-11-18-15(16-10-7-13(2)19-16)9-8-14-6-4-5-12-17-14/h4-7,10,12,15,18H,3,8-9,11H2,1-2H3. The summed E-state index contributed by atoms with van der Waals surface area (Å²) in [5.74, 6) is 0. The van der Waals surface area contributed by atoms with Crippen molar-refractivity contribution >= 4 is 11.3 Å². The quantitative estimate of drug-likeness (QED) is 0.821.